The average molecular weight is 284 g/mol. The summed E-state index contributed by atoms with van der Waals surface area (Å²) < 4.78 is 31.3. The van der Waals surface area contributed by atoms with E-state index in [1.54, 1.807) is 31.3 Å². The normalized spacial score (nSPS) is 20.0. The Morgan fingerprint density at radius 1 is 1.47 bits per heavy atom. The molecule has 1 atom stereocenters. The van der Waals surface area contributed by atoms with Crippen molar-refractivity contribution in [3.05, 3.63) is 29.8 Å². The van der Waals surface area contributed by atoms with Gasteiger partial charge in [-0.15, -0.1) is 0 Å². The molecular formula is C13H20N2O3S. The van der Waals surface area contributed by atoms with Crippen LogP contribution in [0.15, 0.2) is 24.3 Å². The minimum Gasteiger partial charge on any atom is -0.399 e. The van der Waals surface area contributed by atoms with Gasteiger partial charge < -0.3 is 10.5 Å². The summed E-state index contributed by atoms with van der Waals surface area (Å²) in [5.41, 5.74) is 6.94. The molecule has 0 aliphatic carbocycles. The highest BCUT2D eigenvalue weighted by Crippen LogP contribution is 2.17. The number of nitrogens with zero attached hydrogens (tertiary/aromatic N) is 1. The molecule has 1 heterocycles. The lowest BCUT2D eigenvalue weighted by Gasteiger charge is -2.20. The van der Waals surface area contributed by atoms with Gasteiger partial charge in [0.1, 0.15) is 0 Å². The first kappa shape index (κ1) is 14.3. The summed E-state index contributed by atoms with van der Waals surface area (Å²) in [6.45, 7) is 1.15. The SMILES string of the molecule is CN(CC1CCCO1)S(=O)(=O)Cc1cccc(N)c1. The Hall–Kier alpha value is -1.11. The summed E-state index contributed by atoms with van der Waals surface area (Å²) in [6, 6.07) is 6.97. The molecule has 5 nitrogen and oxygen atoms in total. The van der Waals surface area contributed by atoms with E-state index in [4.69, 9.17) is 10.5 Å². The summed E-state index contributed by atoms with van der Waals surface area (Å²) >= 11 is 0. The summed E-state index contributed by atoms with van der Waals surface area (Å²) in [6.07, 6.45) is 1.96. The zero-order valence-electron chi connectivity index (χ0n) is 11.1. The molecule has 0 bridgehead atoms. The molecule has 106 valence electrons. The maximum Gasteiger partial charge on any atom is 0.218 e. The molecule has 1 aromatic rings. The van der Waals surface area contributed by atoms with Crippen LogP contribution in [-0.4, -0.2) is 39.0 Å². The predicted octanol–water partition coefficient (Wildman–Crippen LogP) is 1.21. The molecule has 0 aromatic heterocycles. The van der Waals surface area contributed by atoms with Crippen LogP contribution in [0.5, 0.6) is 0 Å². The zero-order valence-corrected chi connectivity index (χ0v) is 11.9. The monoisotopic (exact) mass is 284 g/mol. The topological polar surface area (TPSA) is 72.6 Å². The highest BCUT2D eigenvalue weighted by atomic mass is 32.2. The number of likely N-dealkylation sites (N-methyl/N-ethyl adjacent to an activating group) is 1. The minimum atomic E-state index is -3.32. The summed E-state index contributed by atoms with van der Waals surface area (Å²) in [7, 11) is -1.72. The van der Waals surface area contributed by atoms with Crippen molar-refractivity contribution in [3.63, 3.8) is 0 Å². The van der Waals surface area contributed by atoms with Crippen LogP contribution >= 0.6 is 0 Å². The van der Waals surface area contributed by atoms with Crippen molar-refractivity contribution in [2.24, 2.45) is 0 Å². The van der Waals surface area contributed by atoms with E-state index < -0.39 is 10.0 Å². The van der Waals surface area contributed by atoms with E-state index >= 15 is 0 Å². The Bertz CT molecular complexity index is 524. The van der Waals surface area contributed by atoms with Crippen LogP contribution in [0.4, 0.5) is 5.69 Å². The summed E-state index contributed by atoms with van der Waals surface area (Å²) in [5, 5.41) is 0. The van der Waals surface area contributed by atoms with Gasteiger partial charge in [0.25, 0.3) is 0 Å². The Balaban J connectivity index is 2.00. The van der Waals surface area contributed by atoms with Gasteiger partial charge in [0.2, 0.25) is 10.0 Å². The van der Waals surface area contributed by atoms with Gasteiger partial charge >= 0.3 is 0 Å². The van der Waals surface area contributed by atoms with Crippen LogP contribution in [0.3, 0.4) is 0 Å². The van der Waals surface area contributed by atoms with E-state index in [0.717, 1.165) is 19.4 Å². The molecule has 6 heteroatoms. The third kappa shape index (κ3) is 3.92. The van der Waals surface area contributed by atoms with Gasteiger partial charge in [0.05, 0.1) is 11.9 Å². The third-order valence-electron chi connectivity index (χ3n) is 3.26. The fourth-order valence-electron chi connectivity index (χ4n) is 2.19. The van der Waals surface area contributed by atoms with Crippen molar-refractivity contribution >= 4 is 15.7 Å². The van der Waals surface area contributed by atoms with Crippen molar-refractivity contribution in [2.45, 2.75) is 24.7 Å². The van der Waals surface area contributed by atoms with Crippen molar-refractivity contribution in [3.8, 4) is 0 Å². The molecule has 0 spiro atoms. The zero-order chi connectivity index (χ0) is 13.9. The molecule has 1 unspecified atom stereocenters. The van der Waals surface area contributed by atoms with Crippen molar-refractivity contribution in [2.75, 3.05) is 25.9 Å². The van der Waals surface area contributed by atoms with Crippen molar-refractivity contribution in [1.29, 1.82) is 0 Å². The lowest BCUT2D eigenvalue weighted by atomic mass is 10.2. The maximum atomic E-state index is 12.2. The second-order valence-electron chi connectivity index (χ2n) is 4.92. The molecule has 0 radical (unpaired) electrons. The van der Waals surface area contributed by atoms with Crippen LogP contribution in [0, 0.1) is 0 Å². The number of nitrogens with two attached hydrogens (primary N) is 1. The molecule has 0 saturated carbocycles. The molecule has 2 N–H and O–H groups in total. The largest absolute Gasteiger partial charge is 0.399 e. The van der Waals surface area contributed by atoms with Crippen molar-refractivity contribution in [1.82, 2.24) is 4.31 Å². The number of hydrogen-bond acceptors (Lipinski definition) is 4. The lowest BCUT2D eigenvalue weighted by Crippen LogP contribution is -2.34. The highest BCUT2D eigenvalue weighted by Gasteiger charge is 2.24. The third-order valence-corrected chi connectivity index (χ3v) is 5.06. The van der Waals surface area contributed by atoms with Gasteiger partial charge in [-0.3, -0.25) is 0 Å². The van der Waals surface area contributed by atoms with Gasteiger partial charge in [0.15, 0.2) is 0 Å². The van der Waals surface area contributed by atoms with Gasteiger partial charge in [-0.1, -0.05) is 12.1 Å². The molecule has 2 rings (SSSR count). The Morgan fingerprint density at radius 2 is 2.26 bits per heavy atom. The Morgan fingerprint density at radius 3 is 2.89 bits per heavy atom. The first-order valence-electron chi connectivity index (χ1n) is 6.37. The number of sulfonamides is 1. The number of rotatable bonds is 5. The van der Waals surface area contributed by atoms with Gasteiger partial charge in [-0.2, -0.15) is 0 Å². The molecule has 0 amide bonds. The van der Waals surface area contributed by atoms with E-state index in [1.807, 2.05) is 0 Å². The minimum absolute atomic E-state index is 0.0265. The molecule has 19 heavy (non-hydrogen) atoms. The van der Waals surface area contributed by atoms with Crippen LogP contribution in [0.2, 0.25) is 0 Å². The molecule has 1 aromatic carbocycles. The van der Waals surface area contributed by atoms with Gasteiger partial charge in [-0.05, 0) is 30.5 Å². The van der Waals surface area contributed by atoms with E-state index in [1.165, 1.54) is 4.31 Å². The quantitative estimate of drug-likeness (QED) is 0.825. The highest BCUT2D eigenvalue weighted by molar-refractivity contribution is 7.88. The summed E-state index contributed by atoms with van der Waals surface area (Å²) in [4.78, 5) is 0. The van der Waals surface area contributed by atoms with Crippen LogP contribution in [-0.2, 0) is 20.5 Å². The second-order valence-corrected chi connectivity index (χ2v) is 6.99. The Labute approximate surface area is 114 Å². The predicted molar refractivity (Wildman–Crippen MR) is 75.1 cm³/mol. The van der Waals surface area contributed by atoms with Crippen molar-refractivity contribution < 1.29 is 13.2 Å². The van der Waals surface area contributed by atoms with Crippen LogP contribution in [0.25, 0.3) is 0 Å². The molecule has 1 aliphatic rings. The van der Waals surface area contributed by atoms with E-state index in [2.05, 4.69) is 0 Å². The fraction of sp³-hybridized carbons (Fsp3) is 0.538. The molecular weight excluding hydrogens is 264 g/mol. The van der Waals surface area contributed by atoms with Gasteiger partial charge in [-0.25, -0.2) is 12.7 Å². The first-order chi connectivity index (χ1) is 8.97. The van der Waals surface area contributed by atoms with Crippen LogP contribution < -0.4 is 5.73 Å². The van der Waals surface area contributed by atoms with Gasteiger partial charge in [0, 0.05) is 25.9 Å². The number of benzene rings is 1. The molecule has 1 fully saturated rings. The van der Waals surface area contributed by atoms with E-state index in [9.17, 15) is 8.42 Å². The maximum absolute atomic E-state index is 12.2. The second kappa shape index (κ2) is 5.90. The smallest absolute Gasteiger partial charge is 0.218 e. The molecule has 1 saturated heterocycles. The van der Waals surface area contributed by atoms with E-state index in [0.29, 0.717) is 17.8 Å². The van der Waals surface area contributed by atoms with E-state index in [-0.39, 0.29) is 11.9 Å². The number of anilines is 1. The first-order valence-corrected chi connectivity index (χ1v) is 7.98. The van der Waals surface area contributed by atoms with Crippen LogP contribution in [0.1, 0.15) is 18.4 Å². The lowest BCUT2D eigenvalue weighted by molar-refractivity contribution is 0.0978. The molecule has 1 aliphatic heterocycles. The Kier molecular flexibility index (Phi) is 4.44. The average Bonchev–Trinajstić information content (AvgIpc) is 2.81. The summed E-state index contributed by atoms with van der Waals surface area (Å²) in [5.74, 6) is -0.0265. The number of hydrogen-bond donors (Lipinski definition) is 1. The number of ether oxygens (including phenoxy) is 1. The number of nitrogen functional groups attached to an aromatic ring is 1. The fourth-order valence-corrected chi connectivity index (χ4v) is 3.41. The standard InChI is InChI=1S/C13H20N2O3S/c1-15(9-13-6-3-7-18-13)19(16,17)10-11-4-2-5-12(14)8-11/h2,4-5,8,13H,3,6-7,9-10,14H2,1H3.